The number of nitrogens with one attached hydrogen (secondary N) is 1. The summed E-state index contributed by atoms with van der Waals surface area (Å²) in [6.07, 6.45) is 80.1. The monoisotopic (exact) mass is 1070 g/mol. The zero-order valence-corrected chi connectivity index (χ0v) is 52.0. The molecular formula is C70H139NO5. The first-order valence-corrected chi connectivity index (χ1v) is 35.3. The standard InChI is InChI=1S/C70H139NO5/c1-3-5-7-9-11-13-15-16-17-18-19-20-27-30-33-36-39-43-46-50-54-58-62-68(73)67(66-72)71-69(74)63-59-55-51-47-44-40-37-34-31-28-25-23-21-22-24-26-29-32-35-38-41-45-49-53-57-61-65-76-70(75)64-60-56-52-48-42-14-12-10-8-6-4-2/h67-68,72-73H,3-66H2,1-2H3,(H,71,74). The molecule has 0 saturated carbocycles. The SMILES string of the molecule is CCCCCCCCCCCCCCCCCCCCCCCCC(O)C(CO)NC(=O)CCCCCCCCCCCCCCCCCCCCCCCCCCCCOC(=O)CCCCCCCCCCCCC. The Bertz CT molecular complexity index is 1100. The Morgan fingerprint density at radius 2 is 0.539 bits per heavy atom. The van der Waals surface area contributed by atoms with Gasteiger partial charge in [0, 0.05) is 12.8 Å². The van der Waals surface area contributed by atoms with Gasteiger partial charge in [-0.2, -0.15) is 0 Å². The van der Waals surface area contributed by atoms with Crippen LogP contribution in [0.3, 0.4) is 0 Å². The molecule has 0 spiro atoms. The van der Waals surface area contributed by atoms with Crippen LogP contribution in [0.2, 0.25) is 0 Å². The van der Waals surface area contributed by atoms with Crippen LogP contribution in [0.25, 0.3) is 0 Å². The number of rotatable bonds is 67. The Kier molecular flexibility index (Phi) is 65.4. The van der Waals surface area contributed by atoms with Crippen molar-refractivity contribution >= 4 is 11.9 Å². The van der Waals surface area contributed by atoms with Crippen LogP contribution < -0.4 is 5.32 Å². The molecule has 0 radical (unpaired) electrons. The van der Waals surface area contributed by atoms with Gasteiger partial charge in [0.25, 0.3) is 0 Å². The largest absolute Gasteiger partial charge is 0.466 e. The van der Waals surface area contributed by atoms with Gasteiger partial charge in [0.1, 0.15) is 0 Å². The second-order valence-corrected chi connectivity index (χ2v) is 24.6. The fourth-order valence-electron chi connectivity index (χ4n) is 11.5. The molecule has 76 heavy (non-hydrogen) atoms. The summed E-state index contributed by atoms with van der Waals surface area (Å²) in [7, 11) is 0. The molecule has 0 heterocycles. The molecular weight excluding hydrogens is 935 g/mol. The summed E-state index contributed by atoms with van der Waals surface area (Å²) >= 11 is 0. The maximum absolute atomic E-state index is 12.5. The summed E-state index contributed by atoms with van der Waals surface area (Å²) in [5.74, 6) is -0.00881. The van der Waals surface area contributed by atoms with Gasteiger partial charge in [0.2, 0.25) is 5.91 Å². The molecule has 0 fully saturated rings. The minimum absolute atomic E-state index is 0.0183. The van der Waals surface area contributed by atoms with E-state index in [-0.39, 0.29) is 18.5 Å². The molecule has 6 heteroatoms. The Morgan fingerprint density at radius 1 is 0.316 bits per heavy atom. The van der Waals surface area contributed by atoms with Crippen LogP contribution in [0.5, 0.6) is 0 Å². The van der Waals surface area contributed by atoms with E-state index in [0.717, 1.165) is 38.5 Å². The number of unbranched alkanes of at least 4 members (excludes halogenated alkanes) is 56. The van der Waals surface area contributed by atoms with E-state index in [0.29, 0.717) is 25.9 Å². The average molecular weight is 1070 g/mol. The summed E-state index contributed by atoms with van der Waals surface area (Å²) in [6.45, 7) is 5.00. The van der Waals surface area contributed by atoms with Crippen LogP contribution in [-0.2, 0) is 14.3 Å². The number of carbonyl (C=O) groups excluding carboxylic acids is 2. The van der Waals surface area contributed by atoms with Crippen LogP contribution in [-0.4, -0.2) is 47.4 Å². The molecule has 0 bridgehead atoms. The molecule has 0 aliphatic heterocycles. The van der Waals surface area contributed by atoms with Gasteiger partial charge in [-0.25, -0.2) is 0 Å². The lowest BCUT2D eigenvalue weighted by Crippen LogP contribution is -2.45. The molecule has 0 saturated heterocycles. The molecule has 0 aromatic heterocycles. The topological polar surface area (TPSA) is 95.9 Å². The molecule has 2 unspecified atom stereocenters. The number of ether oxygens (including phenoxy) is 1. The van der Waals surface area contributed by atoms with Crippen LogP contribution in [0.1, 0.15) is 412 Å². The third-order valence-corrected chi connectivity index (χ3v) is 16.9. The van der Waals surface area contributed by atoms with Gasteiger partial charge in [-0.3, -0.25) is 9.59 Å². The van der Waals surface area contributed by atoms with E-state index in [1.165, 1.54) is 340 Å². The molecule has 2 atom stereocenters. The van der Waals surface area contributed by atoms with Crippen LogP contribution >= 0.6 is 0 Å². The average Bonchev–Trinajstić information content (AvgIpc) is 3.42. The summed E-state index contributed by atoms with van der Waals surface area (Å²) in [6, 6.07) is -0.539. The number of aliphatic hydroxyl groups excluding tert-OH is 2. The Balaban J connectivity index is 3.35. The molecule has 1 amide bonds. The molecule has 0 aromatic carbocycles. The van der Waals surface area contributed by atoms with Crippen molar-refractivity contribution in [1.29, 1.82) is 0 Å². The van der Waals surface area contributed by atoms with Gasteiger partial charge >= 0.3 is 5.97 Å². The maximum atomic E-state index is 12.5. The number of aliphatic hydroxyl groups is 2. The predicted octanol–water partition coefficient (Wildman–Crippen LogP) is 22.6. The van der Waals surface area contributed by atoms with Gasteiger partial charge in [0.05, 0.1) is 25.4 Å². The summed E-state index contributed by atoms with van der Waals surface area (Å²) in [4.78, 5) is 24.6. The van der Waals surface area contributed by atoms with E-state index in [4.69, 9.17) is 4.74 Å². The van der Waals surface area contributed by atoms with Gasteiger partial charge in [-0.05, 0) is 25.7 Å². The van der Waals surface area contributed by atoms with Gasteiger partial charge < -0.3 is 20.3 Å². The number of esters is 1. The molecule has 0 rings (SSSR count). The van der Waals surface area contributed by atoms with Crippen molar-refractivity contribution in [3.8, 4) is 0 Å². The van der Waals surface area contributed by atoms with Crippen molar-refractivity contribution in [3.63, 3.8) is 0 Å². The van der Waals surface area contributed by atoms with Crippen molar-refractivity contribution < 1.29 is 24.5 Å². The number of carbonyl (C=O) groups is 2. The number of hydrogen-bond donors (Lipinski definition) is 3. The molecule has 0 aliphatic rings. The molecule has 454 valence electrons. The van der Waals surface area contributed by atoms with Crippen molar-refractivity contribution in [2.24, 2.45) is 0 Å². The van der Waals surface area contributed by atoms with Crippen LogP contribution in [0, 0.1) is 0 Å². The quantitative estimate of drug-likeness (QED) is 0.0417. The van der Waals surface area contributed by atoms with Gasteiger partial charge in [-0.15, -0.1) is 0 Å². The van der Waals surface area contributed by atoms with E-state index in [9.17, 15) is 19.8 Å². The third kappa shape index (κ3) is 62.1. The molecule has 3 N–H and O–H groups in total. The highest BCUT2D eigenvalue weighted by atomic mass is 16.5. The zero-order chi connectivity index (χ0) is 55.0. The van der Waals surface area contributed by atoms with Crippen molar-refractivity contribution in [3.05, 3.63) is 0 Å². The lowest BCUT2D eigenvalue weighted by atomic mass is 10.0. The smallest absolute Gasteiger partial charge is 0.305 e. The van der Waals surface area contributed by atoms with Gasteiger partial charge in [0.15, 0.2) is 0 Å². The number of amides is 1. The molecule has 0 aliphatic carbocycles. The van der Waals surface area contributed by atoms with E-state index >= 15 is 0 Å². The maximum Gasteiger partial charge on any atom is 0.305 e. The first-order chi connectivity index (χ1) is 37.5. The second kappa shape index (κ2) is 66.4. The van der Waals surface area contributed by atoms with Crippen molar-refractivity contribution in [1.82, 2.24) is 5.32 Å². The zero-order valence-electron chi connectivity index (χ0n) is 52.0. The van der Waals surface area contributed by atoms with Crippen molar-refractivity contribution in [2.75, 3.05) is 13.2 Å². The van der Waals surface area contributed by atoms with E-state index in [1.54, 1.807) is 0 Å². The normalized spacial score (nSPS) is 12.4. The Labute approximate surface area is 476 Å². The predicted molar refractivity (Wildman–Crippen MR) is 334 cm³/mol. The van der Waals surface area contributed by atoms with E-state index in [2.05, 4.69) is 19.2 Å². The molecule has 0 aromatic rings. The highest BCUT2D eigenvalue weighted by Gasteiger charge is 2.20. The van der Waals surface area contributed by atoms with Crippen molar-refractivity contribution in [2.45, 2.75) is 424 Å². The first-order valence-electron chi connectivity index (χ1n) is 35.3. The first kappa shape index (κ1) is 74.9. The molecule has 6 nitrogen and oxygen atoms in total. The summed E-state index contributed by atoms with van der Waals surface area (Å²) in [5.41, 5.74) is 0. The Morgan fingerprint density at radius 3 is 0.803 bits per heavy atom. The summed E-state index contributed by atoms with van der Waals surface area (Å²) < 4.78 is 5.48. The lowest BCUT2D eigenvalue weighted by Gasteiger charge is -2.22. The third-order valence-electron chi connectivity index (χ3n) is 16.9. The minimum atomic E-state index is -0.663. The highest BCUT2D eigenvalue weighted by Crippen LogP contribution is 2.20. The fraction of sp³-hybridized carbons (Fsp3) is 0.971. The minimum Gasteiger partial charge on any atom is -0.466 e. The van der Waals surface area contributed by atoms with Gasteiger partial charge in [-0.1, -0.05) is 373 Å². The Hall–Kier alpha value is -1.14. The van der Waals surface area contributed by atoms with Crippen LogP contribution in [0.4, 0.5) is 0 Å². The van der Waals surface area contributed by atoms with E-state index in [1.807, 2.05) is 0 Å². The lowest BCUT2D eigenvalue weighted by molar-refractivity contribution is -0.143. The fourth-order valence-corrected chi connectivity index (χ4v) is 11.5. The van der Waals surface area contributed by atoms with Crippen LogP contribution in [0.15, 0.2) is 0 Å². The number of hydrogen-bond acceptors (Lipinski definition) is 5. The van der Waals surface area contributed by atoms with E-state index < -0.39 is 12.1 Å². The summed E-state index contributed by atoms with van der Waals surface area (Å²) in [5, 5.41) is 23.4. The highest BCUT2D eigenvalue weighted by molar-refractivity contribution is 5.76. The second-order valence-electron chi connectivity index (χ2n) is 24.6.